The van der Waals surface area contributed by atoms with Crippen molar-refractivity contribution >= 4 is 40.8 Å². The fraction of sp³-hybridized carbons (Fsp3) is 0.478. The van der Waals surface area contributed by atoms with Crippen LogP contribution in [0.25, 0.3) is 0 Å². The number of hydrogen-bond donors (Lipinski definition) is 0. The standard InChI is InChI=1S/C23H26ClFN4O4S/c1-2-33-23(32)29-12-10-28(11-13-29)21(30)18-14-34-20(26-18)15-6-8-27(9-7-15)22(31)19-16(24)4-3-5-17(19)25/h3-5,14-15H,2,6-13H2,1H3. The minimum absolute atomic E-state index is 0.0900. The van der Waals surface area contributed by atoms with Crippen LogP contribution in [0.1, 0.15) is 51.5 Å². The molecule has 0 saturated carbocycles. The molecule has 0 bridgehead atoms. The normalized spacial score (nSPS) is 17.1. The van der Waals surface area contributed by atoms with E-state index < -0.39 is 11.7 Å². The average molecular weight is 509 g/mol. The molecule has 0 atom stereocenters. The number of rotatable bonds is 4. The highest BCUT2D eigenvalue weighted by Crippen LogP contribution is 2.32. The van der Waals surface area contributed by atoms with E-state index in [2.05, 4.69) is 4.98 Å². The van der Waals surface area contributed by atoms with Crippen molar-refractivity contribution in [2.45, 2.75) is 25.7 Å². The Kier molecular flexibility index (Phi) is 7.67. The van der Waals surface area contributed by atoms with E-state index in [9.17, 15) is 18.8 Å². The molecule has 0 N–H and O–H groups in total. The number of likely N-dealkylation sites (tertiary alicyclic amines) is 1. The number of thiazole rings is 1. The van der Waals surface area contributed by atoms with Crippen LogP contribution in [0, 0.1) is 5.82 Å². The average Bonchev–Trinajstić information content (AvgIpc) is 3.34. The highest BCUT2D eigenvalue weighted by atomic mass is 35.5. The van der Waals surface area contributed by atoms with Crippen LogP contribution < -0.4 is 0 Å². The van der Waals surface area contributed by atoms with E-state index in [1.54, 1.807) is 27.0 Å². The van der Waals surface area contributed by atoms with Gasteiger partial charge in [0.2, 0.25) is 0 Å². The summed E-state index contributed by atoms with van der Waals surface area (Å²) < 4.78 is 19.1. The van der Waals surface area contributed by atoms with E-state index >= 15 is 0 Å². The van der Waals surface area contributed by atoms with Gasteiger partial charge >= 0.3 is 6.09 Å². The van der Waals surface area contributed by atoms with Crippen molar-refractivity contribution in [3.63, 3.8) is 0 Å². The lowest BCUT2D eigenvalue weighted by molar-refractivity contribution is 0.0566. The first kappa shape index (κ1) is 24.4. The summed E-state index contributed by atoms with van der Waals surface area (Å²) >= 11 is 7.49. The summed E-state index contributed by atoms with van der Waals surface area (Å²) in [5.74, 6) is -1.04. The third kappa shape index (κ3) is 5.17. The number of piperazine rings is 1. The van der Waals surface area contributed by atoms with Gasteiger partial charge in [-0.1, -0.05) is 17.7 Å². The zero-order chi connectivity index (χ0) is 24.2. The second-order valence-corrected chi connectivity index (χ2v) is 9.51. The van der Waals surface area contributed by atoms with Crippen LogP contribution in [0.15, 0.2) is 23.6 Å². The van der Waals surface area contributed by atoms with E-state index in [-0.39, 0.29) is 28.5 Å². The molecule has 8 nitrogen and oxygen atoms in total. The first-order valence-electron chi connectivity index (χ1n) is 11.3. The lowest BCUT2D eigenvalue weighted by atomic mass is 9.97. The lowest BCUT2D eigenvalue weighted by Crippen LogP contribution is -2.50. The van der Waals surface area contributed by atoms with Crippen LogP contribution in [0.4, 0.5) is 9.18 Å². The molecule has 2 saturated heterocycles. The van der Waals surface area contributed by atoms with Crippen molar-refractivity contribution in [3.8, 4) is 0 Å². The molecule has 3 amide bonds. The monoisotopic (exact) mass is 508 g/mol. The smallest absolute Gasteiger partial charge is 0.409 e. The van der Waals surface area contributed by atoms with Gasteiger partial charge in [0.25, 0.3) is 11.8 Å². The number of halogens is 2. The number of amides is 3. The Hall–Kier alpha value is -2.72. The van der Waals surface area contributed by atoms with E-state index in [1.807, 2.05) is 0 Å². The van der Waals surface area contributed by atoms with Gasteiger partial charge in [-0.3, -0.25) is 9.59 Å². The molecule has 0 unspecified atom stereocenters. The van der Waals surface area contributed by atoms with Gasteiger partial charge in [0.15, 0.2) is 0 Å². The molecule has 1 aromatic carbocycles. The lowest BCUT2D eigenvalue weighted by Gasteiger charge is -2.33. The molecule has 3 heterocycles. The third-order valence-electron chi connectivity index (χ3n) is 6.14. The minimum atomic E-state index is -0.620. The quantitative estimate of drug-likeness (QED) is 0.626. The molecule has 1 aromatic heterocycles. The van der Waals surface area contributed by atoms with Crippen molar-refractivity contribution in [1.29, 1.82) is 0 Å². The van der Waals surface area contributed by atoms with Crippen LogP contribution in [0.2, 0.25) is 5.02 Å². The number of aromatic nitrogens is 1. The summed E-state index contributed by atoms with van der Waals surface area (Å²) in [4.78, 5) is 47.0. The Morgan fingerprint density at radius 1 is 1.06 bits per heavy atom. The highest BCUT2D eigenvalue weighted by molar-refractivity contribution is 7.09. The summed E-state index contributed by atoms with van der Waals surface area (Å²) in [6, 6.07) is 4.22. The molecular formula is C23H26ClFN4O4S. The van der Waals surface area contributed by atoms with Crippen molar-refractivity contribution in [2.75, 3.05) is 45.9 Å². The van der Waals surface area contributed by atoms with E-state index in [0.717, 1.165) is 5.01 Å². The van der Waals surface area contributed by atoms with Crippen molar-refractivity contribution in [2.24, 2.45) is 0 Å². The molecular weight excluding hydrogens is 483 g/mol. The summed E-state index contributed by atoms with van der Waals surface area (Å²) in [6.07, 6.45) is 1.00. The van der Waals surface area contributed by atoms with Crippen molar-refractivity contribution < 1.29 is 23.5 Å². The van der Waals surface area contributed by atoms with Crippen LogP contribution in [0.3, 0.4) is 0 Å². The zero-order valence-electron chi connectivity index (χ0n) is 18.8. The van der Waals surface area contributed by atoms with E-state index in [0.29, 0.717) is 64.4 Å². The fourth-order valence-electron chi connectivity index (χ4n) is 4.23. The Morgan fingerprint density at radius 3 is 2.35 bits per heavy atom. The number of nitrogens with zero attached hydrogens (tertiary/aromatic N) is 4. The largest absolute Gasteiger partial charge is 0.450 e. The van der Waals surface area contributed by atoms with Gasteiger partial charge in [-0.25, -0.2) is 14.2 Å². The van der Waals surface area contributed by atoms with Gasteiger partial charge in [-0.2, -0.15) is 0 Å². The summed E-state index contributed by atoms with van der Waals surface area (Å²) in [5, 5.41) is 2.74. The number of ether oxygens (including phenoxy) is 1. The molecule has 2 fully saturated rings. The van der Waals surface area contributed by atoms with Crippen molar-refractivity contribution in [1.82, 2.24) is 19.7 Å². The third-order valence-corrected chi connectivity index (χ3v) is 7.46. The second-order valence-electron chi connectivity index (χ2n) is 8.21. The number of carbonyl (C=O) groups is 3. The van der Waals surface area contributed by atoms with E-state index in [4.69, 9.17) is 16.3 Å². The maximum absolute atomic E-state index is 14.1. The van der Waals surface area contributed by atoms with Crippen molar-refractivity contribution in [3.05, 3.63) is 50.7 Å². The molecule has 0 aliphatic carbocycles. The second kappa shape index (κ2) is 10.7. The highest BCUT2D eigenvalue weighted by Gasteiger charge is 2.30. The maximum atomic E-state index is 14.1. The molecule has 2 aliphatic rings. The first-order chi connectivity index (χ1) is 16.4. The molecule has 2 aromatic rings. The fourth-order valence-corrected chi connectivity index (χ4v) is 5.44. The Balaban J connectivity index is 1.32. The Morgan fingerprint density at radius 2 is 1.71 bits per heavy atom. The molecule has 11 heteroatoms. The molecule has 4 rings (SSSR count). The number of piperidine rings is 1. The minimum Gasteiger partial charge on any atom is -0.450 e. The van der Waals surface area contributed by atoms with Gasteiger partial charge in [0.05, 0.1) is 22.2 Å². The topological polar surface area (TPSA) is 83.0 Å². The van der Waals surface area contributed by atoms with E-state index in [1.165, 1.54) is 29.5 Å². The van der Waals surface area contributed by atoms with Gasteiger partial charge in [0, 0.05) is 50.6 Å². The Bertz CT molecular complexity index is 1040. The predicted octanol–water partition coefficient (Wildman–Crippen LogP) is 3.87. The van der Waals surface area contributed by atoms with Crippen LogP contribution >= 0.6 is 22.9 Å². The van der Waals surface area contributed by atoms with Gasteiger partial charge in [-0.05, 0) is 31.9 Å². The molecule has 0 spiro atoms. The van der Waals surface area contributed by atoms with Gasteiger partial charge < -0.3 is 19.4 Å². The molecule has 0 radical (unpaired) electrons. The molecule has 182 valence electrons. The van der Waals surface area contributed by atoms with Crippen LogP contribution in [0.5, 0.6) is 0 Å². The van der Waals surface area contributed by atoms with Gasteiger partial charge in [0.1, 0.15) is 11.5 Å². The number of carbonyl (C=O) groups excluding carboxylic acids is 3. The summed E-state index contributed by atoms with van der Waals surface area (Å²) in [7, 11) is 0. The first-order valence-corrected chi connectivity index (χ1v) is 12.5. The number of benzene rings is 1. The predicted molar refractivity (Wildman–Crippen MR) is 126 cm³/mol. The van der Waals surface area contributed by atoms with Crippen LogP contribution in [-0.2, 0) is 4.74 Å². The van der Waals surface area contributed by atoms with Crippen LogP contribution in [-0.4, -0.2) is 83.5 Å². The SMILES string of the molecule is CCOC(=O)N1CCN(C(=O)c2csc(C3CCN(C(=O)c4c(F)cccc4Cl)CC3)n2)CC1. The molecule has 34 heavy (non-hydrogen) atoms. The zero-order valence-corrected chi connectivity index (χ0v) is 20.4. The molecule has 2 aliphatic heterocycles. The number of hydrogen-bond acceptors (Lipinski definition) is 6. The maximum Gasteiger partial charge on any atom is 0.409 e. The summed E-state index contributed by atoms with van der Waals surface area (Å²) in [6.45, 7) is 4.74. The van der Waals surface area contributed by atoms with Gasteiger partial charge in [-0.15, -0.1) is 11.3 Å². The Labute approximate surface area is 206 Å². The summed E-state index contributed by atoms with van der Waals surface area (Å²) in [5.41, 5.74) is 0.314.